The number of rotatable bonds is 16. The van der Waals surface area contributed by atoms with Gasteiger partial charge in [-0.15, -0.1) is 0 Å². The number of hydrogen-bond acceptors (Lipinski definition) is 9. The van der Waals surface area contributed by atoms with Gasteiger partial charge in [-0.2, -0.15) is 0 Å². The van der Waals surface area contributed by atoms with Gasteiger partial charge in [0.15, 0.2) is 5.96 Å². The number of nitrogens with two attached hydrogens (primary N) is 5. The highest BCUT2D eigenvalue weighted by molar-refractivity contribution is 5.82. The summed E-state index contributed by atoms with van der Waals surface area (Å²) in [5.74, 6) is -4.20. The van der Waals surface area contributed by atoms with Gasteiger partial charge in [0.25, 0.3) is 0 Å². The summed E-state index contributed by atoms with van der Waals surface area (Å²) in [6, 6.07) is 15.4. The quantitative estimate of drug-likeness (QED) is 0.0657. The summed E-state index contributed by atoms with van der Waals surface area (Å²) in [5, 5.41) is 36.4. The molecule has 4 atom stereocenters. The van der Waals surface area contributed by atoms with Gasteiger partial charge in [-0.05, 0) is 36.8 Å². The molecule has 0 fully saturated rings. The molecule has 15 N–H and O–H groups in total. The molecule has 0 aliphatic rings. The van der Waals surface area contributed by atoms with Crippen molar-refractivity contribution in [3.63, 3.8) is 0 Å². The van der Waals surface area contributed by atoms with E-state index < -0.39 is 48.0 Å². The van der Waals surface area contributed by atoms with Crippen LogP contribution in [0.5, 0.6) is 0 Å². The smallest absolute Gasteiger partial charge is 0.326 e. The van der Waals surface area contributed by atoms with E-state index in [4.69, 9.17) is 49.1 Å². The average molecular weight is 678 g/mol. The number of benzene rings is 2. The first-order chi connectivity index (χ1) is 22.5. The molecule has 2 rings (SSSR count). The second-order valence-electron chi connectivity index (χ2n) is 10.4. The summed E-state index contributed by atoms with van der Waals surface area (Å²) in [6.07, 6.45) is 4.13. The number of unbranched alkanes of at least 4 members (excludes halogenated alkanes) is 1. The minimum atomic E-state index is -1.02. The minimum Gasteiger partial charge on any atom is -0.480 e. The van der Waals surface area contributed by atoms with E-state index in [1.165, 1.54) is 6.92 Å². The zero-order valence-electron chi connectivity index (χ0n) is 27.4. The summed E-state index contributed by atoms with van der Waals surface area (Å²) in [4.78, 5) is 56.0. The van der Waals surface area contributed by atoms with E-state index in [9.17, 15) is 24.0 Å². The van der Waals surface area contributed by atoms with Crippen molar-refractivity contribution in [1.82, 2.24) is 5.32 Å². The van der Waals surface area contributed by atoms with Crippen LogP contribution < -0.4 is 34.0 Å². The molecule has 0 aliphatic carbocycles. The molecule has 0 saturated heterocycles. The molecule has 0 saturated carbocycles. The molecule has 2 aromatic rings. The Labute approximate surface area is 280 Å². The number of aliphatic carboxylic acids is 4. The van der Waals surface area contributed by atoms with Crippen LogP contribution in [-0.4, -0.2) is 86.9 Å². The van der Waals surface area contributed by atoms with Crippen LogP contribution >= 0.6 is 0 Å². The lowest BCUT2D eigenvalue weighted by molar-refractivity contribution is -0.141. The number of hydrogen-bond donors (Lipinski definition) is 10. The van der Waals surface area contributed by atoms with Crippen LogP contribution in [0.1, 0.15) is 57.1 Å². The Kier molecular flexibility index (Phi) is 25.4. The zero-order chi connectivity index (χ0) is 37.1. The van der Waals surface area contributed by atoms with Crippen molar-refractivity contribution in [2.45, 2.75) is 83.0 Å². The van der Waals surface area contributed by atoms with E-state index in [-0.39, 0.29) is 11.9 Å². The third-order valence-electron chi connectivity index (χ3n) is 6.04. The van der Waals surface area contributed by atoms with Gasteiger partial charge in [-0.25, -0.2) is 4.79 Å². The first kappa shape index (κ1) is 45.1. The molecule has 16 nitrogen and oxygen atoms in total. The summed E-state index contributed by atoms with van der Waals surface area (Å²) >= 11 is 0. The van der Waals surface area contributed by atoms with Crippen molar-refractivity contribution in [1.29, 1.82) is 0 Å². The standard InChI is InChI=1S/C11H13NO3.C9H11NO2.C6H14N4O2.C6H13NO2/c1-8(13)12-10(11(14)15)7-9-5-3-2-4-6-9;10-8(9(11)12)6-7-4-2-1-3-5-7;7-4(5(11)12)2-1-3-10-6(8)9;1-2-3-4-5(7)6(8)9/h2-6,10H,7H2,1H3,(H,12,13)(H,14,15);1-5,8H,6,10H2,(H,11,12);4H,1-3,7H2,(H,11,12)(H4,8,9,10);5H,2-4,7H2,1H3,(H,8,9)/t10-;8-;4-;5-/m0000/s1. The number of carboxylic acid groups (broad SMARTS) is 4. The van der Waals surface area contributed by atoms with Crippen LogP contribution in [0.2, 0.25) is 0 Å². The van der Waals surface area contributed by atoms with E-state index in [1.807, 2.05) is 67.6 Å². The van der Waals surface area contributed by atoms with E-state index in [2.05, 4.69) is 10.3 Å². The molecule has 0 bridgehead atoms. The number of amides is 1. The summed E-state index contributed by atoms with van der Waals surface area (Å²) in [7, 11) is 0. The van der Waals surface area contributed by atoms with Crippen LogP contribution in [0.3, 0.4) is 0 Å². The summed E-state index contributed by atoms with van der Waals surface area (Å²) in [6.45, 7) is 3.73. The minimum absolute atomic E-state index is 0.0129. The second kappa shape index (κ2) is 27.1. The molecular weight excluding hydrogens is 626 g/mol. The fourth-order valence-electron chi connectivity index (χ4n) is 3.44. The molecule has 0 unspecified atom stereocenters. The Balaban J connectivity index is 0. The van der Waals surface area contributed by atoms with Crippen molar-refractivity contribution in [3.05, 3.63) is 71.8 Å². The number of carboxylic acids is 4. The lowest BCUT2D eigenvalue weighted by Crippen LogP contribution is -2.41. The van der Waals surface area contributed by atoms with Gasteiger partial charge >= 0.3 is 23.9 Å². The molecule has 0 heterocycles. The van der Waals surface area contributed by atoms with Crippen molar-refractivity contribution < 1.29 is 44.4 Å². The molecule has 1 amide bonds. The Morgan fingerprint density at radius 3 is 1.44 bits per heavy atom. The summed E-state index contributed by atoms with van der Waals surface area (Å²) in [5.41, 5.74) is 27.7. The number of aliphatic imine (C=N–C) groups is 1. The summed E-state index contributed by atoms with van der Waals surface area (Å²) < 4.78 is 0. The van der Waals surface area contributed by atoms with E-state index in [0.29, 0.717) is 38.6 Å². The highest BCUT2D eigenvalue weighted by atomic mass is 16.4. The lowest BCUT2D eigenvalue weighted by Gasteiger charge is -2.12. The fraction of sp³-hybridized carbons (Fsp3) is 0.438. The van der Waals surface area contributed by atoms with Gasteiger partial charge in [-0.1, -0.05) is 80.4 Å². The Bertz CT molecular complexity index is 1250. The van der Waals surface area contributed by atoms with Gasteiger partial charge in [-0.3, -0.25) is 24.2 Å². The Morgan fingerprint density at radius 1 is 0.667 bits per heavy atom. The molecule has 0 aliphatic heterocycles. The normalized spacial score (nSPS) is 12.3. The molecular formula is C32H51N7O9. The Morgan fingerprint density at radius 2 is 1.08 bits per heavy atom. The average Bonchev–Trinajstić information content (AvgIpc) is 3.03. The molecule has 16 heteroatoms. The van der Waals surface area contributed by atoms with Crippen molar-refractivity contribution in [2.24, 2.45) is 33.7 Å². The monoisotopic (exact) mass is 677 g/mol. The molecule has 0 radical (unpaired) electrons. The molecule has 268 valence electrons. The highest BCUT2D eigenvalue weighted by Crippen LogP contribution is 2.04. The largest absolute Gasteiger partial charge is 0.480 e. The van der Waals surface area contributed by atoms with Crippen molar-refractivity contribution in [2.75, 3.05) is 6.54 Å². The molecule has 0 spiro atoms. The maximum atomic E-state index is 10.8. The van der Waals surface area contributed by atoms with Crippen LogP contribution in [0.15, 0.2) is 65.7 Å². The topological polar surface area (TPSA) is 321 Å². The second-order valence-corrected chi connectivity index (χ2v) is 10.4. The number of carbonyl (C=O) groups is 5. The predicted molar refractivity (Wildman–Crippen MR) is 182 cm³/mol. The van der Waals surface area contributed by atoms with E-state index in [1.54, 1.807) is 0 Å². The van der Waals surface area contributed by atoms with Crippen LogP contribution in [-0.2, 0) is 36.8 Å². The maximum Gasteiger partial charge on any atom is 0.326 e. The Hall–Kier alpha value is -5.06. The third-order valence-corrected chi connectivity index (χ3v) is 6.04. The van der Waals surface area contributed by atoms with Crippen LogP contribution in [0.25, 0.3) is 0 Å². The first-order valence-electron chi connectivity index (χ1n) is 15.1. The van der Waals surface area contributed by atoms with E-state index >= 15 is 0 Å². The SMILES string of the molecule is CC(=O)N[C@@H](Cc1ccccc1)C(=O)O.CCCC[C@H](N)C(=O)O.NC(N)=NCCC[C@H](N)C(=O)O.N[C@@H](Cc1ccccc1)C(=O)O. The fourth-order valence-corrected chi connectivity index (χ4v) is 3.44. The van der Waals surface area contributed by atoms with Gasteiger partial charge in [0.2, 0.25) is 5.91 Å². The van der Waals surface area contributed by atoms with E-state index in [0.717, 1.165) is 24.0 Å². The highest BCUT2D eigenvalue weighted by Gasteiger charge is 2.18. The van der Waals surface area contributed by atoms with Gasteiger partial charge in [0.1, 0.15) is 24.2 Å². The van der Waals surface area contributed by atoms with Crippen molar-refractivity contribution in [3.8, 4) is 0 Å². The number of carbonyl (C=O) groups excluding carboxylic acids is 1. The molecule has 48 heavy (non-hydrogen) atoms. The first-order valence-corrected chi connectivity index (χ1v) is 15.1. The van der Waals surface area contributed by atoms with Crippen LogP contribution in [0, 0.1) is 0 Å². The zero-order valence-corrected chi connectivity index (χ0v) is 27.4. The molecule has 2 aromatic carbocycles. The molecule has 0 aromatic heterocycles. The van der Waals surface area contributed by atoms with Crippen molar-refractivity contribution >= 4 is 35.7 Å². The number of nitrogens with one attached hydrogen (secondary N) is 1. The number of guanidine groups is 1. The van der Waals surface area contributed by atoms with Crippen LogP contribution in [0.4, 0.5) is 0 Å². The third kappa shape index (κ3) is 26.2. The van der Waals surface area contributed by atoms with Gasteiger partial charge in [0.05, 0.1) is 0 Å². The van der Waals surface area contributed by atoms with Gasteiger partial charge < -0.3 is 54.4 Å². The van der Waals surface area contributed by atoms with Gasteiger partial charge in [0, 0.05) is 19.9 Å². The lowest BCUT2D eigenvalue weighted by atomic mass is 10.1. The predicted octanol–water partition coefficient (Wildman–Crippen LogP) is 0.500. The maximum absolute atomic E-state index is 10.8. The number of nitrogens with zero attached hydrogens (tertiary/aromatic N) is 1.